The largest absolute Gasteiger partial charge is 0.360 e. The monoisotopic (exact) mass is 458 g/mol. The van der Waals surface area contributed by atoms with Crippen LogP contribution in [0.15, 0.2) is 71.1 Å². The van der Waals surface area contributed by atoms with Gasteiger partial charge < -0.3 is 5.32 Å². The molecule has 1 N–H and O–H groups in total. The molecule has 0 aliphatic carbocycles. The second kappa shape index (κ2) is 8.26. The number of sulfonamides is 1. The van der Waals surface area contributed by atoms with Crippen molar-refractivity contribution in [3.05, 3.63) is 92.1 Å². The van der Waals surface area contributed by atoms with Crippen LogP contribution in [-0.2, 0) is 23.0 Å². The molecule has 0 amide bonds. The lowest BCUT2D eigenvalue weighted by Gasteiger charge is -2.29. The first-order valence-electron chi connectivity index (χ1n) is 9.35. The first-order chi connectivity index (χ1) is 14.4. The van der Waals surface area contributed by atoms with Crippen LogP contribution >= 0.6 is 22.9 Å². The number of aryl methyl sites for hydroxylation is 1. The highest BCUT2D eigenvalue weighted by Crippen LogP contribution is 2.39. The zero-order valence-corrected chi connectivity index (χ0v) is 18.5. The summed E-state index contributed by atoms with van der Waals surface area (Å²) in [4.78, 5) is 13.1. The molecule has 154 valence electrons. The fraction of sp³-hybridized carbons (Fsp3) is 0.136. The SMILES string of the molecule is CCc1ccc(N/C=C2/C(=O)c3sccc3N(Cc3ccc(Cl)cc3)S2(=O)=O)cc1. The number of ketones is 1. The Kier molecular flexibility index (Phi) is 5.69. The highest BCUT2D eigenvalue weighted by molar-refractivity contribution is 7.97. The molecule has 1 aromatic heterocycles. The van der Waals surface area contributed by atoms with E-state index in [2.05, 4.69) is 12.2 Å². The van der Waals surface area contributed by atoms with Gasteiger partial charge in [0, 0.05) is 16.9 Å². The van der Waals surface area contributed by atoms with Crippen molar-refractivity contribution in [2.24, 2.45) is 0 Å². The Morgan fingerprint density at radius 3 is 2.37 bits per heavy atom. The zero-order valence-electron chi connectivity index (χ0n) is 16.1. The van der Waals surface area contributed by atoms with E-state index in [0.717, 1.165) is 12.0 Å². The van der Waals surface area contributed by atoms with E-state index in [0.29, 0.717) is 21.3 Å². The lowest BCUT2D eigenvalue weighted by molar-refractivity contribution is 0.104. The van der Waals surface area contributed by atoms with Crippen molar-refractivity contribution in [1.29, 1.82) is 0 Å². The molecule has 0 radical (unpaired) electrons. The Morgan fingerprint density at radius 2 is 1.70 bits per heavy atom. The van der Waals surface area contributed by atoms with Gasteiger partial charge in [-0.15, -0.1) is 11.3 Å². The third-order valence-electron chi connectivity index (χ3n) is 4.88. The van der Waals surface area contributed by atoms with Crippen LogP contribution in [0.3, 0.4) is 0 Å². The van der Waals surface area contributed by atoms with Crippen LogP contribution < -0.4 is 9.62 Å². The molecule has 1 aliphatic heterocycles. The van der Waals surface area contributed by atoms with Gasteiger partial charge in [0.2, 0.25) is 5.78 Å². The first kappa shape index (κ1) is 20.7. The van der Waals surface area contributed by atoms with E-state index in [9.17, 15) is 13.2 Å². The van der Waals surface area contributed by atoms with Crippen molar-refractivity contribution in [1.82, 2.24) is 0 Å². The van der Waals surface area contributed by atoms with Gasteiger partial charge in [0.25, 0.3) is 10.0 Å². The van der Waals surface area contributed by atoms with Crippen LogP contribution in [0.2, 0.25) is 5.02 Å². The van der Waals surface area contributed by atoms with Gasteiger partial charge in [-0.2, -0.15) is 0 Å². The molecular formula is C22H19ClN2O3S2. The second-order valence-corrected chi connectivity index (χ2v) is 9.99. The van der Waals surface area contributed by atoms with Gasteiger partial charge in [-0.1, -0.05) is 42.8 Å². The number of allylic oxidation sites excluding steroid dienone is 1. The van der Waals surface area contributed by atoms with Crippen molar-refractivity contribution < 1.29 is 13.2 Å². The van der Waals surface area contributed by atoms with Gasteiger partial charge in [0.1, 0.15) is 4.88 Å². The van der Waals surface area contributed by atoms with E-state index < -0.39 is 15.8 Å². The molecule has 0 unspecified atom stereocenters. The molecule has 1 aliphatic rings. The Hall–Kier alpha value is -2.61. The summed E-state index contributed by atoms with van der Waals surface area (Å²) >= 11 is 7.18. The average molecular weight is 459 g/mol. The van der Waals surface area contributed by atoms with Crippen LogP contribution in [0, 0.1) is 0 Å². The van der Waals surface area contributed by atoms with E-state index >= 15 is 0 Å². The molecule has 8 heteroatoms. The summed E-state index contributed by atoms with van der Waals surface area (Å²) in [6.07, 6.45) is 2.20. The van der Waals surface area contributed by atoms with Crippen molar-refractivity contribution in [3.8, 4) is 0 Å². The molecule has 3 aromatic rings. The number of Topliss-reactive ketones (excluding diaryl/α,β-unsaturated/α-hetero) is 1. The summed E-state index contributed by atoms with van der Waals surface area (Å²) in [6, 6.07) is 16.3. The number of nitrogens with zero attached hydrogens (tertiary/aromatic N) is 1. The van der Waals surface area contributed by atoms with Crippen molar-refractivity contribution in [2.75, 3.05) is 9.62 Å². The molecular weight excluding hydrogens is 440 g/mol. The van der Waals surface area contributed by atoms with Crippen LogP contribution in [0.4, 0.5) is 11.4 Å². The third kappa shape index (κ3) is 3.88. The summed E-state index contributed by atoms with van der Waals surface area (Å²) in [5, 5.41) is 5.27. The molecule has 0 spiro atoms. The smallest absolute Gasteiger partial charge is 0.270 e. The highest BCUT2D eigenvalue weighted by Gasteiger charge is 2.41. The molecule has 0 saturated carbocycles. The Morgan fingerprint density at radius 1 is 1.03 bits per heavy atom. The fourth-order valence-electron chi connectivity index (χ4n) is 3.20. The van der Waals surface area contributed by atoms with Crippen molar-refractivity contribution in [3.63, 3.8) is 0 Å². The fourth-order valence-corrected chi connectivity index (χ4v) is 5.81. The number of hydrogen-bond donors (Lipinski definition) is 1. The molecule has 30 heavy (non-hydrogen) atoms. The standard InChI is InChI=1S/C22H19ClN2O3S2/c1-2-15-5-9-18(10-6-15)24-13-20-21(26)22-19(11-12-29-22)25(30(20,27)28)14-16-3-7-17(23)8-4-16/h3-13,24H,2,14H2,1H3/b20-13-. The van der Waals surface area contributed by atoms with E-state index in [-0.39, 0.29) is 11.4 Å². The molecule has 2 heterocycles. The molecule has 5 nitrogen and oxygen atoms in total. The van der Waals surface area contributed by atoms with Gasteiger partial charge in [-0.3, -0.25) is 9.10 Å². The van der Waals surface area contributed by atoms with Gasteiger partial charge in [-0.05, 0) is 53.3 Å². The predicted octanol–water partition coefficient (Wildman–Crippen LogP) is 5.45. The summed E-state index contributed by atoms with van der Waals surface area (Å²) in [7, 11) is -4.03. The minimum atomic E-state index is -4.03. The number of carbonyl (C=O) groups is 1. The number of halogens is 1. The van der Waals surface area contributed by atoms with E-state index in [4.69, 9.17) is 11.6 Å². The van der Waals surface area contributed by atoms with Crippen LogP contribution in [0.25, 0.3) is 0 Å². The van der Waals surface area contributed by atoms with Crippen LogP contribution in [0.5, 0.6) is 0 Å². The maximum atomic E-state index is 13.4. The number of rotatable bonds is 5. The zero-order chi connectivity index (χ0) is 21.3. The highest BCUT2D eigenvalue weighted by atomic mass is 35.5. The Labute approximate surface area is 184 Å². The first-order valence-corrected chi connectivity index (χ1v) is 12.0. The number of hydrogen-bond acceptors (Lipinski definition) is 5. The van der Waals surface area contributed by atoms with Gasteiger partial charge in [-0.25, -0.2) is 8.42 Å². The predicted molar refractivity (Wildman–Crippen MR) is 123 cm³/mol. The van der Waals surface area contributed by atoms with Gasteiger partial charge >= 0.3 is 0 Å². The van der Waals surface area contributed by atoms with E-state index in [1.807, 2.05) is 24.3 Å². The summed E-state index contributed by atoms with van der Waals surface area (Å²) < 4.78 is 28.0. The number of nitrogens with one attached hydrogen (secondary N) is 1. The van der Waals surface area contributed by atoms with Crippen molar-refractivity contribution in [2.45, 2.75) is 19.9 Å². The maximum Gasteiger partial charge on any atom is 0.270 e. The average Bonchev–Trinajstić information content (AvgIpc) is 3.22. The number of benzene rings is 2. The minimum absolute atomic E-state index is 0.110. The molecule has 4 rings (SSSR count). The molecule has 0 fully saturated rings. The van der Waals surface area contributed by atoms with E-state index in [1.54, 1.807) is 35.7 Å². The Bertz CT molecular complexity index is 1210. The topological polar surface area (TPSA) is 66.5 Å². The molecule has 0 bridgehead atoms. The summed E-state index contributed by atoms with van der Waals surface area (Å²) in [6.45, 7) is 2.17. The van der Waals surface area contributed by atoms with Crippen LogP contribution in [-0.4, -0.2) is 14.2 Å². The lowest BCUT2D eigenvalue weighted by Crippen LogP contribution is -2.38. The third-order valence-corrected chi connectivity index (χ3v) is 7.80. The van der Waals surface area contributed by atoms with Gasteiger partial charge in [0.05, 0.1) is 12.2 Å². The normalized spacial score (nSPS) is 16.5. The van der Waals surface area contributed by atoms with Crippen molar-refractivity contribution >= 4 is 50.1 Å². The minimum Gasteiger partial charge on any atom is -0.360 e. The molecule has 2 aromatic carbocycles. The summed E-state index contributed by atoms with van der Waals surface area (Å²) in [5.74, 6) is -0.495. The number of thiophene rings is 1. The lowest BCUT2D eigenvalue weighted by atomic mass is 10.1. The molecule has 0 saturated heterocycles. The number of fused-ring (bicyclic) bond motifs is 1. The second-order valence-electron chi connectivity index (χ2n) is 6.81. The quantitative estimate of drug-likeness (QED) is 0.516. The van der Waals surface area contributed by atoms with Crippen LogP contribution in [0.1, 0.15) is 27.7 Å². The maximum absolute atomic E-state index is 13.4. The number of anilines is 2. The Balaban J connectivity index is 1.70. The summed E-state index contributed by atoms with van der Waals surface area (Å²) in [5.41, 5.74) is 3.07. The molecule has 0 atom stereocenters. The van der Waals surface area contributed by atoms with Gasteiger partial charge in [0.15, 0.2) is 4.91 Å². The number of carbonyl (C=O) groups excluding carboxylic acids is 1. The van der Waals surface area contributed by atoms with E-state index in [1.165, 1.54) is 27.4 Å².